The summed E-state index contributed by atoms with van der Waals surface area (Å²) in [4.78, 5) is 0. The summed E-state index contributed by atoms with van der Waals surface area (Å²) < 4.78 is 10.5. The van der Waals surface area contributed by atoms with Gasteiger partial charge in [0, 0.05) is 6.07 Å². The van der Waals surface area contributed by atoms with E-state index in [9.17, 15) is 0 Å². The van der Waals surface area contributed by atoms with Gasteiger partial charge in [-0.25, -0.2) is 0 Å². The predicted octanol–water partition coefficient (Wildman–Crippen LogP) is 2.97. The Morgan fingerprint density at radius 2 is 2.00 bits per heavy atom. The number of rotatable bonds is 2. The number of hydrogen-bond donors (Lipinski definition) is 0. The lowest BCUT2D eigenvalue weighted by Crippen LogP contribution is -1.87. The van der Waals surface area contributed by atoms with Crippen molar-refractivity contribution >= 4 is 0 Å². The van der Waals surface area contributed by atoms with Crippen molar-refractivity contribution in [1.29, 1.82) is 0 Å². The van der Waals surface area contributed by atoms with Gasteiger partial charge >= 0.3 is 0 Å². The highest BCUT2D eigenvalue weighted by atomic mass is 16.5. The maximum absolute atomic E-state index is 5.28. The Morgan fingerprint density at radius 3 is 2.60 bits per heavy atom. The van der Waals surface area contributed by atoms with Gasteiger partial charge in [0.2, 0.25) is 0 Å². The number of benzene rings is 1. The van der Waals surface area contributed by atoms with Gasteiger partial charge in [-0.15, -0.1) is 0 Å². The van der Waals surface area contributed by atoms with E-state index < -0.39 is 0 Å². The van der Waals surface area contributed by atoms with Crippen molar-refractivity contribution in [3.63, 3.8) is 0 Å². The van der Waals surface area contributed by atoms with Crippen LogP contribution in [-0.4, -0.2) is 12.3 Å². The second-order valence-electron chi connectivity index (χ2n) is 3.54. The van der Waals surface area contributed by atoms with Gasteiger partial charge in [0.25, 0.3) is 0 Å². The Labute approximate surface area is 88.7 Å². The topological polar surface area (TPSA) is 35.3 Å². The van der Waals surface area contributed by atoms with E-state index in [0.29, 0.717) is 0 Å². The van der Waals surface area contributed by atoms with E-state index in [1.807, 2.05) is 38.1 Å². The molecule has 1 heterocycles. The monoisotopic (exact) mass is 203 g/mol. The van der Waals surface area contributed by atoms with E-state index in [1.165, 1.54) is 5.56 Å². The number of methoxy groups -OCH3 is 1. The van der Waals surface area contributed by atoms with Crippen molar-refractivity contribution in [3.05, 3.63) is 35.5 Å². The summed E-state index contributed by atoms with van der Waals surface area (Å²) in [6.07, 6.45) is 0. The first kappa shape index (κ1) is 9.77. The summed E-state index contributed by atoms with van der Waals surface area (Å²) in [7, 11) is 1.65. The highest BCUT2D eigenvalue weighted by Gasteiger charge is 2.10. The number of hydrogen-bond acceptors (Lipinski definition) is 3. The molecule has 2 rings (SSSR count). The average Bonchev–Trinajstić information content (AvgIpc) is 2.65. The molecule has 0 atom stereocenters. The van der Waals surface area contributed by atoms with E-state index >= 15 is 0 Å². The summed E-state index contributed by atoms with van der Waals surface area (Å²) in [6.45, 7) is 3.93. The Bertz CT molecular complexity index is 474. The molecule has 15 heavy (non-hydrogen) atoms. The van der Waals surface area contributed by atoms with Crippen molar-refractivity contribution in [3.8, 4) is 17.1 Å². The second kappa shape index (κ2) is 3.77. The molecule has 78 valence electrons. The van der Waals surface area contributed by atoms with Crippen LogP contribution in [0.3, 0.4) is 0 Å². The van der Waals surface area contributed by atoms with Gasteiger partial charge < -0.3 is 9.26 Å². The highest BCUT2D eigenvalue weighted by Crippen LogP contribution is 2.30. The first-order valence-electron chi connectivity index (χ1n) is 4.79. The molecular formula is C12H13NO2. The fraction of sp³-hybridized carbons (Fsp3) is 0.250. The van der Waals surface area contributed by atoms with Crippen LogP contribution >= 0.6 is 0 Å². The number of ether oxygens (including phenoxy) is 1. The number of aromatic nitrogens is 1. The quantitative estimate of drug-likeness (QED) is 0.752. The third kappa shape index (κ3) is 1.86. The number of nitrogens with zero attached hydrogens (tertiary/aromatic N) is 1. The molecule has 0 fully saturated rings. The van der Waals surface area contributed by atoms with Crippen LogP contribution in [0, 0.1) is 13.8 Å². The molecule has 0 bridgehead atoms. The molecule has 0 aliphatic carbocycles. The lowest BCUT2D eigenvalue weighted by molar-refractivity contribution is 0.404. The predicted molar refractivity (Wildman–Crippen MR) is 58.0 cm³/mol. The minimum absolute atomic E-state index is 0.744. The zero-order chi connectivity index (χ0) is 10.8. The van der Waals surface area contributed by atoms with Crippen LogP contribution in [-0.2, 0) is 0 Å². The van der Waals surface area contributed by atoms with E-state index in [2.05, 4.69) is 5.16 Å². The molecule has 0 amide bonds. The standard InChI is InChI=1S/C12H13NO2/c1-8-4-5-11(14-3)10(6-8)12-7-9(2)13-15-12/h4-7H,1-3H3. The first-order chi connectivity index (χ1) is 7.20. The smallest absolute Gasteiger partial charge is 0.170 e. The maximum atomic E-state index is 5.28. The molecule has 0 saturated heterocycles. The van der Waals surface area contributed by atoms with Crippen LogP contribution in [0.2, 0.25) is 0 Å². The van der Waals surface area contributed by atoms with Gasteiger partial charge in [0.15, 0.2) is 5.76 Å². The molecule has 0 radical (unpaired) electrons. The average molecular weight is 203 g/mol. The largest absolute Gasteiger partial charge is 0.496 e. The van der Waals surface area contributed by atoms with Gasteiger partial charge in [-0.2, -0.15) is 0 Å². The van der Waals surface area contributed by atoms with Crippen LogP contribution in [0.4, 0.5) is 0 Å². The highest BCUT2D eigenvalue weighted by molar-refractivity contribution is 5.66. The van der Waals surface area contributed by atoms with Crippen LogP contribution in [0.5, 0.6) is 5.75 Å². The van der Waals surface area contributed by atoms with Crippen molar-refractivity contribution < 1.29 is 9.26 Å². The Morgan fingerprint density at radius 1 is 1.20 bits per heavy atom. The number of aryl methyl sites for hydroxylation is 2. The molecular weight excluding hydrogens is 190 g/mol. The Balaban J connectivity index is 2.55. The van der Waals surface area contributed by atoms with Crippen LogP contribution in [0.15, 0.2) is 28.8 Å². The van der Waals surface area contributed by atoms with Crippen LogP contribution in [0.1, 0.15) is 11.3 Å². The molecule has 0 aliphatic rings. The Hall–Kier alpha value is -1.77. The lowest BCUT2D eigenvalue weighted by atomic mass is 10.1. The van der Waals surface area contributed by atoms with Crippen molar-refractivity contribution in [2.24, 2.45) is 0 Å². The molecule has 1 aromatic carbocycles. The van der Waals surface area contributed by atoms with Gasteiger partial charge in [-0.3, -0.25) is 0 Å². The van der Waals surface area contributed by atoms with E-state index in [1.54, 1.807) is 7.11 Å². The summed E-state index contributed by atoms with van der Waals surface area (Å²) >= 11 is 0. The van der Waals surface area contributed by atoms with Crippen molar-refractivity contribution in [1.82, 2.24) is 5.16 Å². The molecule has 3 nitrogen and oxygen atoms in total. The maximum Gasteiger partial charge on any atom is 0.170 e. The van der Waals surface area contributed by atoms with E-state index in [4.69, 9.17) is 9.26 Å². The zero-order valence-corrected chi connectivity index (χ0v) is 9.07. The zero-order valence-electron chi connectivity index (χ0n) is 9.07. The van der Waals surface area contributed by atoms with Crippen LogP contribution < -0.4 is 4.74 Å². The third-order valence-corrected chi connectivity index (χ3v) is 2.25. The minimum atomic E-state index is 0.744. The Kier molecular flexibility index (Phi) is 2.46. The summed E-state index contributed by atoms with van der Waals surface area (Å²) in [5, 5.41) is 3.87. The van der Waals surface area contributed by atoms with Crippen molar-refractivity contribution in [2.45, 2.75) is 13.8 Å². The fourth-order valence-corrected chi connectivity index (χ4v) is 1.50. The normalized spacial score (nSPS) is 10.3. The van der Waals surface area contributed by atoms with Gasteiger partial charge in [0.1, 0.15) is 5.75 Å². The molecule has 0 N–H and O–H groups in total. The molecule has 0 aliphatic heterocycles. The summed E-state index contributed by atoms with van der Waals surface area (Å²) in [5.74, 6) is 1.55. The van der Waals surface area contributed by atoms with Crippen molar-refractivity contribution in [2.75, 3.05) is 7.11 Å². The summed E-state index contributed by atoms with van der Waals surface area (Å²) in [5.41, 5.74) is 2.98. The third-order valence-electron chi connectivity index (χ3n) is 2.25. The first-order valence-corrected chi connectivity index (χ1v) is 4.79. The molecule has 1 aromatic heterocycles. The molecule has 0 saturated carbocycles. The molecule has 2 aromatic rings. The van der Waals surface area contributed by atoms with Gasteiger partial charge in [-0.1, -0.05) is 16.8 Å². The molecule has 0 spiro atoms. The molecule has 0 unspecified atom stereocenters. The van der Waals surface area contributed by atoms with E-state index in [0.717, 1.165) is 22.8 Å². The SMILES string of the molecule is COc1ccc(C)cc1-c1cc(C)no1. The van der Waals surface area contributed by atoms with E-state index in [-0.39, 0.29) is 0 Å². The van der Waals surface area contributed by atoms with Crippen LogP contribution in [0.25, 0.3) is 11.3 Å². The second-order valence-corrected chi connectivity index (χ2v) is 3.54. The van der Waals surface area contributed by atoms with Gasteiger partial charge in [0.05, 0.1) is 18.4 Å². The fourth-order valence-electron chi connectivity index (χ4n) is 1.50. The summed E-state index contributed by atoms with van der Waals surface area (Å²) in [6, 6.07) is 7.87. The lowest BCUT2D eigenvalue weighted by Gasteiger charge is -2.05. The van der Waals surface area contributed by atoms with Gasteiger partial charge in [-0.05, 0) is 26.0 Å². The minimum Gasteiger partial charge on any atom is -0.496 e. The molecule has 3 heteroatoms.